The van der Waals surface area contributed by atoms with Crippen molar-refractivity contribution in [2.75, 3.05) is 18.6 Å². The van der Waals surface area contributed by atoms with Crippen molar-refractivity contribution >= 4 is 43.4 Å². The number of benzene rings is 1. The van der Waals surface area contributed by atoms with Gasteiger partial charge in [-0.3, -0.25) is 0 Å². The second kappa shape index (κ2) is 7.08. The summed E-state index contributed by atoms with van der Waals surface area (Å²) in [6.07, 6.45) is 1.77. The molecule has 0 aliphatic carbocycles. The van der Waals surface area contributed by atoms with Crippen molar-refractivity contribution in [3.63, 3.8) is 0 Å². The number of aliphatic hydroxyl groups excluding tert-OH is 1. The molecule has 0 radical (unpaired) electrons. The summed E-state index contributed by atoms with van der Waals surface area (Å²) in [6, 6.07) is 1.57. The minimum Gasteiger partial charge on any atom is -0.398 e. The van der Waals surface area contributed by atoms with Crippen LogP contribution in [0.15, 0.2) is 21.5 Å². The molecular weight excluding hydrogens is 371 g/mol. The molecule has 4 N–H and O–H groups in total. The molecule has 0 saturated heterocycles. The highest BCUT2D eigenvalue weighted by molar-refractivity contribution is 9.10. The van der Waals surface area contributed by atoms with Gasteiger partial charge in [0.15, 0.2) is 0 Å². The van der Waals surface area contributed by atoms with Gasteiger partial charge in [-0.15, -0.1) is 0 Å². The first-order valence-corrected chi connectivity index (χ1v) is 9.19. The number of sulfonamides is 1. The number of nitrogen functional groups attached to an aromatic ring is 1. The Balaban J connectivity index is 3.09. The zero-order valence-electron chi connectivity index (χ0n) is 10.9. The van der Waals surface area contributed by atoms with Crippen molar-refractivity contribution in [3.8, 4) is 0 Å². The maximum Gasteiger partial charge on any atom is 0.242 e. The molecule has 0 saturated carbocycles. The summed E-state index contributed by atoms with van der Waals surface area (Å²) in [5.41, 5.74) is 5.39. The summed E-state index contributed by atoms with van der Waals surface area (Å²) in [4.78, 5) is -0.199. The topological polar surface area (TPSA) is 92.4 Å². The lowest BCUT2D eigenvalue weighted by Gasteiger charge is -2.21. The zero-order valence-corrected chi connectivity index (χ0v) is 14.1. The molecule has 114 valence electrons. The van der Waals surface area contributed by atoms with Crippen LogP contribution in [0.25, 0.3) is 0 Å². The molecule has 0 amide bonds. The van der Waals surface area contributed by atoms with Gasteiger partial charge >= 0.3 is 0 Å². The van der Waals surface area contributed by atoms with E-state index in [1.54, 1.807) is 13.2 Å². The van der Waals surface area contributed by atoms with E-state index in [1.807, 2.05) is 0 Å². The Labute approximate surface area is 130 Å². The van der Waals surface area contributed by atoms with Gasteiger partial charge in [-0.25, -0.2) is 17.5 Å². The Morgan fingerprint density at radius 1 is 1.55 bits per heavy atom. The summed E-state index contributed by atoms with van der Waals surface area (Å²) >= 11 is 4.27. The van der Waals surface area contributed by atoms with Crippen LogP contribution in [0.1, 0.15) is 6.92 Å². The van der Waals surface area contributed by atoms with Gasteiger partial charge in [0.05, 0.1) is 16.8 Å². The number of hydrogen-bond donors (Lipinski definition) is 3. The monoisotopic (exact) mass is 386 g/mol. The Hall–Kier alpha value is -0.350. The van der Waals surface area contributed by atoms with Gasteiger partial charge in [-0.1, -0.05) is 0 Å². The summed E-state index contributed by atoms with van der Waals surface area (Å²) in [7, 11) is -3.89. The second-order valence-corrected chi connectivity index (χ2v) is 7.78. The van der Waals surface area contributed by atoms with Crippen molar-refractivity contribution in [1.29, 1.82) is 0 Å². The van der Waals surface area contributed by atoms with E-state index in [0.717, 1.165) is 12.1 Å². The lowest BCUT2D eigenvalue weighted by atomic mass is 10.3. The molecule has 9 heteroatoms. The fourth-order valence-electron chi connectivity index (χ4n) is 1.60. The number of thioether (sulfide) groups is 1. The minimum absolute atomic E-state index is 0.0169. The van der Waals surface area contributed by atoms with Crippen LogP contribution in [-0.4, -0.2) is 37.7 Å². The number of nitrogens with one attached hydrogen (secondary N) is 1. The van der Waals surface area contributed by atoms with Crippen LogP contribution in [0.4, 0.5) is 10.1 Å². The van der Waals surface area contributed by atoms with Crippen molar-refractivity contribution in [2.24, 2.45) is 0 Å². The van der Waals surface area contributed by atoms with Crippen LogP contribution in [0.2, 0.25) is 0 Å². The van der Waals surface area contributed by atoms with Gasteiger partial charge in [0, 0.05) is 11.3 Å². The molecule has 0 aromatic heterocycles. The largest absolute Gasteiger partial charge is 0.398 e. The van der Waals surface area contributed by atoms with Crippen LogP contribution >= 0.6 is 27.7 Å². The van der Waals surface area contributed by atoms with Gasteiger partial charge in [-0.05, 0) is 41.2 Å². The summed E-state index contributed by atoms with van der Waals surface area (Å²) in [6.45, 7) is 1.48. The minimum atomic E-state index is -3.89. The maximum absolute atomic E-state index is 13.3. The Morgan fingerprint density at radius 3 is 2.65 bits per heavy atom. The average Bonchev–Trinajstić information content (AvgIpc) is 2.34. The van der Waals surface area contributed by atoms with Crippen molar-refractivity contribution in [2.45, 2.75) is 23.1 Å². The molecular formula is C11H16BrFN2O3S2. The first-order chi connectivity index (χ1) is 9.22. The Kier molecular flexibility index (Phi) is 6.26. The Morgan fingerprint density at radius 2 is 2.15 bits per heavy atom. The molecule has 5 nitrogen and oxygen atoms in total. The third-order valence-electron chi connectivity index (χ3n) is 2.72. The van der Waals surface area contributed by atoms with E-state index >= 15 is 0 Å². The highest BCUT2D eigenvalue weighted by atomic mass is 79.9. The molecule has 1 rings (SSSR count). The highest BCUT2D eigenvalue weighted by Gasteiger charge is 2.25. The molecule has 1 aromatic carbocycles. The predicted octanol–water partition coefficient (Wildman–Crippen LogP) is 1.56. The lowest BCUT2D eigenvalue weighted by Crippen LogP contribution is -2.41. The molecule has 0 aliphatic rings. The number of nitrogens with two attached hydrogens (primary N) is 1. The first-order valence-electron chi connectivity index (χ1n) is 5.63. The molecule has 0 aliphatic heterocycles. The van der Waals surface area contributed by atoms with Crippen LogP contribution < -0.4 is 10.5 Å². The molecule has 0 spiro atoms. The normalized spacial score (nSPS) is 15.1. The van der Waals surface area contributed by atoms with Gasteiger partial charge in [0.2, 0.25) is 10.0 Å². The highest BCUT2D eigenvalue weighted by Crippen LogP contribution is 2.26. The number of anilines is 1. The molecule has 0 bridgehead atoms. The maximum atomic E-state index is 13.3. The molecule has 1 aromatic rings. The number of halogens is 2. The standard InChI is InChI=1S/C11H16BrFN2O3S2/c1-6(10(5-16)19-2)15-20(17,18)11-3-7(12)8(13)4-9(11)14/h3-4,6,10,15-16H,5,14H2,1-2H3. The number of hydrogen-bond acceptors (Lipinski definition) is 5. The third-order valence-corrected chi connectivity index (χ3v) is 6.11. The van der Waals surface area contributed by atoms with E-state index in [9.17, 15) is 12.8 Å². The van der Waals surface area contributed by atoms with Crippen molar-refractivity contribution < 1.29 is 17.9 Å². The van der Waals surface area contributed by atoms with Gasteiger partial charge in [-0.2, -0.15) is 11.8 Å². The zero-order chi connectivity index (χ0) is 15.5. The van der Waals surface area contributed by atoms with E-state index in [2.05, 4.69) is 20.7 Å². The summed E-state index contributed by atoms with van der Waals surface area (Å²) in [5, 5.41) is 8.88. The fraction of sp³-hybridized carbons (Fsp3) is 0.455. The SMILES string of the molecule is CSC(CO)C(C)NS(=O)(=O)c1cc(Br)c(F)cc1N. The molecule has 0 fully saturated rings. The van der Waals surface area contributed by atoms with E-state index in [0.29, 0.717) is 0 Å². The van der Waals surface area contributed by atoms with Crippen LogP contribution in [0, 0.1) is 5.82 Å². The van der Waals surface area contributed by atoms with E-state index in [4.69, 9.17) is 10.8 Å². The van der Waals surface area contributed by atoms with Gasteiger partial charge in [0.25, 0.3) is 0 Å². The smallest absolute Gasteiger partial charge is 0.242 e. The van der Waals surface area contributed by atoms with Crippen LogP contribution in [0.3, 0.4) is 0 Å². The lowest BCUT2D eigenvalue weighted by molar-refractivity contribution is 0.282. The summed E-state index contributed by atoms with van der Waals surface area (Å²) < 4.78 is 40.2. The van der Waals surface area contributed by atoms with Crippen molar-refractivity contribution in [1.82, 2.24) is 4.72 Å². The van der Waals surface area contributed by atoms with E-state index in [-0.39, 0.29) is 26.9 Å². The Bertz CT molecular complexity index is 579. The summed E-state index contributed by atoms with van der Waals surface area (Å²) in [5.74, 6) is -0.633. The van der Waals surface area contributed by atoms with Crippen LogP contribution in [0.5, 0.6) is 0 Å². The molecule has 2 atom stereocenters. The first kappa shape index (κ1) is 17.7. The van der Waals surface area contributed by atoms with Gasteiger partial charge in [0.1, 0.15) is 10.7 Å². The van der Waals surface area contributed by atoms with E-state index < -0.39 is 21.9 Å². The van der Waals surface area contributed by atoms with Crippen LogP contribution in [-0.2, 0) is 10.0 Å². The molecule has 0 heterocycles. The van der Waals surface area contributed by atoms with E-state index in [1.165, 1.54) is 11.8 Å². The fourth-order valence-corrected chi connectivity index (χ4v) is 4.23. The quantitative estimate of drug-likeness (QED) is 0.645. The number of rotatable bonds is 6. The number of aliphatic hydroxyl groups is 1. The third kappa shape index (κ3) is 4.08. The second-order valence-electron chi connectivity index (χ2n) is 4.17. The molecule has 20 heavy (non-hydrogen) atoms. The predicted molar refractivity (Wildman–Crippen MR) is 82.7 cm³/mol. The average molecular weight is 387 g/mol. The van der Waals surface area contributed by atoms with Crippen molar-refractivity contribution in [3.05, 3.63) is 22.4 Å². The van der Waals surface area contributed by atoms with Gasteiger partial charge < -0.3 is 10.8 Å². The molecule has 2 unspecified atom stereocenters.